The molecule has 2 heterocycles. The van der Waals surface area contributed by atoms with Crippen molar-refractivity contribution in [2.24, 2.45) is 0 Å². The number of rotatable bonds is 4. The van der Waals surface area contributed by atoms with Crippen LogP contribution in [-0.2, 0) is 12.6 Å². The van der Waals surface area contributed by atoms with Gasteiger partial charge in [0.05, 0.1) is 11.3 Å². The van der Waals surface area contributed by atoms with Crippen molar-refractivity contribution in [1.82, 2.24) is 9.38 Å². The van der Waals surface area contributed by atoms with E-state index in [1.54, 1.807) is 13.8 Å². The minimum atomic E-state index is -4.90. The molecule has 0 saturated heterocycles. The van der Waals surface area contributed by atoms with Gasteiger partial charge in [0.2, 0.25) is 0 Å². The van der Waals surface area contributed by atoms with E-state index in [4.69, 9.17) is 0 Å². The number of hydrogen-bond acceptors (Lipinski definition) is 4. The van der Waals surface area contributed by atoms with Crippen molar-refractivity contribution < 1.29 is 26.7 Å². The highest BCUT2D eigenvalue weighted by molar-refractivity contribution is 7.17. The highest BCUT2D eigenvalue weighted by Gasteiger charge is 2.34. The second kappa shape index (κ2) is 7.08. The van der Waals surface area contributed by atoms with Crippen LogP contribution >= 0.6 is 11.3 Å². The van der Waals surface area contributed by atoms with Crippen molar-refractivity contribution in [3.8, 4) is 0 Å². The van der Waals surface area contributed by atoms with E-state index >= 15 is 0 Å². The third-order valence-corrected chi connectivity index (χ3v) is 5.11. The van der Waals surface area contributed by atoms with E-state index in [2.05, 4.69) is 4.98 Å². The Morgan fingerprint density at radius 1 is 1.18 bits per heavy atom. The van der Waals surface area contributed by atoms with E-state index in [9.17, 15) is 31.5 Å². The summed E-state index contributed by atoms with van der Waals surface area (Å²) in [6.45, 7) is 3.28. The molecule has 0 bridgehead atoms. The molecule has 0 fully saturated rings. The minimum Gasteiger partial charge on any atom is -0.292 e. The van der Waals surface area contributed by atoms with Gasteiger partial charge in [-0.2, -0.15) is 13.2 Å². The number of halogens is 5. The summed E-state index contributed by atoms with van der Waals surface area (Å²) in [5.41, 5.74) is -2.36. The summed E-state index contributed by atoms with van der Waals surface area (Å²) in [7, 11) is 0. The lowest BCUT2D eigenvalue weighted by atomic mass is 10.0. The topological polar surface area (TPSA) is 51.4 Å². The van der Waals surface area contributed by atoms with Crippen molar-refractivity contribution in [1.29, 1.82) is 0 Å². The van der Waals surface area contributed by atoms with Crippen LogP contribution < -0.4 is 5.56 Å². The number of aromatic nitrogens is 2. The standard InChI is InChI=1S/C18H13F5N2O2S/c1-3-14(26)16-8(2)28-17-24-10(6-15(27)25(16)17)4-9-5-12(19)13(20)7-11(9)18(21,22)23/h5-7H,3-4H2,1-2H3. The molecule has 0 unspecified atom stereocenters. The van der Waals surface area contributed by atoms with E-state index in [-0.39, 0.29) is 34.6 Å². The molecule has 3 aromatic rings. The molecule has 0 radical (unpaired) electrons. The number of thiazole rings is 1. The van der Waals surface area contributed by atoms with E-state index in [1.807, 2.05) is 0 Å². The third kappa shape index (κ3) is 3.56. The fourth-order valence-corrected chi connectivity index (χ4v) is 3.91. The summed E-state index contributed by atoms with van der Waals surface area (Å²) in [5, 5.41) is 0. The van der Waals surface area contributed by atoms with Gasteiger partial charge in [-0.3, -0.25) is 9.59 Å². The molecule has 0 N–H and O–H groups in total. The van der Waals surface area contributed by atoms with Gasteiger partial charge in [0.25, 0.3) is 5.56 Å². The summed E-state index contributed by atoms with van der Waals surface area (Å²) >= 11 is 1.05. The van der Waals surface area contributed by atoms with Gasteiger partial charge >= 0.3 is 6.18 Å². The maximum Gasteiger partial charge on any atom is 0.416 e. The van der Waals surface area contributed by atoms with Gasteiger partial charge in [-0.25, -0.2) is 18.2 Å². The molecule has 0 saturated carbocycles. The minimum absolute atomic E-state index is 0.0433. The Morgan fingerprint density at radius 3 is 2.43 bits per heavy atom. The van der Waals surface area contributed by atoms with Gasteiger partial charge in [-0.15, -0.1) is 11.3 Å². The second-order valence-corrected chi connectivity index (χ2v) is 7.27. The number of alkyl halides is 3. The molecule has 0 aliphatic carbocycles. The molecule has 0 atom stereocenters. The van der Waals surface area contributed by atoms with Crippen molar-refractivity contribution in [3.05, 3.63) is 67.6 Å². The zero-order valence-electron chi connectivity index (χ0n) is 14.7. The van der Waals surface area contributed by atoms with Crippen molar-refractivity contribution >= 4 is 22.1 Å². The normalized spacial score (nSPS) is 12.0. The van der Waals surface area contributed by atoms with Gasteiger partial charge in [0, 0.05) is 23.8 Å². The van der Waals surface area contributed by atoms with Crippen LogP contribution in [0.5, 0.6) is 0 Å². The predicted octanol–water partition coefficient (Wildman–Crippen LogP) is 4.54. The van der Waals surface area contributed by atoms with Gasteiger partial charge in [0.1, 0.15) is 5.69 Å². The fourth-order valence-electron chi connectivity index (χ4n) is 2.90. The van der Waals surface area contributed by atoms with E-state index in [0.29, 0.717) is 10.9 Å². The molecule has 10 heteroatoms. The molecule has 0 amide bonds. The largest absolute Gasteiger partial charge is 0.416 e. The summed E-state index contributed by atoms with van der Waals surface area (Å²) < 4.78 is 67.4. The van der Waals surface area contributed by atoms with E-state index in [1.165, 1.54) is 0 Å². The molecule has 28 heavy (non-hydrogen) atoms. The first-order valence-electron chi connectivity index (χ1n) is 8.13. The summed E-state index contributed by atoms with van der Waals surface area (Å²) in [6, 6.07) is 1.53. The fraction of sp³-hybridized carbons (Fsp3) is 0.278. The molecule has 148 valence electrons. The lowest BCUT2D eigenvalue weighted by molar-refractivity contribution is -0.138. The molecule has 3 rings (SSSR count). The maximum atomic E-state index is 13.5. The number of carbonyl (C=O) groups is 1. The third-order valence-electron chi connectivity index (χ3n) is 4.15. The Balaban J connectivity index is 2.14. The van der Waals surface area contributed by atoms with Crippen LogP contribution in [0.25, 0.3) is 4.96 Å². The first kappa shape index (κ1) is 20.1. The zero-order valence-corrected chi connectivity index (χ0v) is 15.5. The number of nitrogens with zero attached hydrogens (tertiary/aromatic N) is 2. The molecule has 1 aromatic carbocycles. The van der Waals surface area contributed by atoms with E-state index in [0.717, 1.165) is 21.8 Å². The number of carbonyl (C=O) groups excluding carboxylic acids is 1. The summed E-state index contributed by atoms with van der Waals surface area (Å²) in [6.07, 6.45) is -5.25. The molecular weight excluding hydrogens is 403 g/mol. The first-order chi connectivity index (χ1) is 13.0. The lowest BCUT2D eigenvalue weighted by Crippen LogP contribution is -2.19. The summed E-state index contributed by atoms with van der Waals surface area (Å²) in [5.74, 6) is -3.31. The molecule has 0 spiro atoms. The van der Waals surface area contributed by atoms with Gasteiger partial charge in [-0.05, 0) is 24.6 Å². The highest BCUT2D eigenvalue weighted by Crippen LogP contribution is 2.34. The average Bonchev–Trinajstić information content (AvgIpc) is 2.92. The number of aryl methyl sites for hydroxylation is 1. The molecule has 2 aromatic heterocycles. The van der Waals surface area contributed by atoms with E-state index < -0.39 is 40.9 Å². The van der Waals surface area contributed by atoms with Crippen LogP contribution in [0.3, 0.4) is 0 Å². The Labute approximate surface area is 159 Å². The molecular formula is C18H13F5N2O2S. The Hall–Kier alpha value is -2.62. The van der Waals surface area contributed by atoms with Gasteiger partial charge in [-0.1, -0.05) is 6.92 Å². The Morgan fingerprint density at radius 2 is 1.82 bits per heavy atom. The smallest absolute Gasteiger partial charge is 0.292 e. The lowest BCUT2D eigenvalue weighted by Gasteiger charge is -2.13. The number of hydrogen-bond donors (Lipinski definition) is 0. The van der Waals surface area contributed by atoms with Crippen LogP contribution in [0.2, 0.25) is 0 Å². The van der Waals surface area contributed by atoms with Gasteiger partial charge < -0.3 is 0 Å². The Bertz CT molecular complexity index is 1150. The molecule has 0 aliphatic heterocycles. The Kier molecular flexibility index (Phi) is 5.09. The van der Waals surface area contributed by atoms with Crippen LogP contribution in [0.4, 0.5) is 22.0 Å². The number of ketones is 1. The first-order valence-corrected chi connectivity index (χ1v) is 8.95. The number of fused-ring (bicyclic) bond motifs is 1. The van der Waals surface area contributed by atoms with Crippen molar-refractivity contribution in [3.63, 3.8) is 0 Å². The highest BCUT2D eigenvalue weighted by atomic mass is 32.1. The van der Waals surface area contributed by atoms with Crippen LogP contribution in [0.1, 0.15) is 45.5 Å². The van der Waals surface area contributed by atoms with Crippen molar-refractivity contribution in [2.45, 2.75) is 32.9 Å². The molecule has 0 aliphatic rings. The average molecular weight is 416 g/mol. The maximum absolute atomic E-state index is 13.5. The zero-order chi connectivity index (χ0) is 20.8. The monoisotopic (exact) mass is 416 g/mol. The SMILES string of the molecule is CCC(=O)c1c(C)sc2nc(Cc3cc(F)c(F)cc3C(F)(F)F)cc(=O)n12. The number of benzene rings is 1. The van der Waals surface area contributed by atoms with Gasteiger partial charge in [0.15, 0.2) is 22.4 Å². The molecule has 4 nitrogen and oxygen atoms in total. The second-order valence-electron chi connectivity index (χ2n) is 6.09. The summed E-state index contributed by atoms with van der Waals surface area (Å²) in [4.78, 5) is 29.4. The van der Waals surface area contributed by atoms with Crippen LogP contribution in [0, 0.1) is 18.6 Å². The van der Waals surface area contributed by atoms with Crippen LogP contribution in [0.15, 0.2) is 23.0 Å². The van der Waals surface area contributed by atoms with Crippen LogP contribution in [-0.4, -0.2) is 15.2 Å². The quantitative estimate of drug-likeness (QED) is 0.463. The van der Waals surface area contributed by atoms with Crippen molar-refractivity contribution in [2.75, 3.05) is 0 Å². The number of Topliss-reactive ketones (excluding diaryl/α,β-unsaturated/α-hetero) is 1. The predicted molar refractivity (Wildman–Crippen MR) is 92.9 cm³/mol.